The van der Waals surface area contributed by atoms with Crippen molar-refractivity contribution in [3.05, 3.63) is 29.8 Å². The van der Waals surface area contributed by atoms with Gasteiger partial charge in [-0.2, -0.15) is 0 Å². The van der Waals surface area contributed by atoms with E-state index in [4.69, 9.17) is 9.47 Å². The van der Waals surface area contributed by atoms with Gasteiger partial charge in [-0.1, -0.05) is 12.1 Å². The predicted molar refractivity (Wildman–Crippen MR) is 88.6 cm³/mol. The van der Waals surface area contributed by atoms with E-state index in [0.717, 1.165) is 37.6 Å². The average molecular weight is 318 g/mol. The lowest BCUT2D eigenvalue weighted by atomic mass is 9.98. The fraction of sp³-hybridized carbons (Fsp3) is 0.611. The van der Waals surface area contributed by atoms with Crippen molar-refractivity contribution in [2.75, 3.05) is 27.3 Å². The number of hydrogen-bond donors (Lipinski definition) is 1. The fourth-order valence-electron chi connectivity index (χ4n) is 3.38. The van der Waals surface area contributed by atoms with Gasteiger partial charge in [0, 0.05) is 25.2 Å². The van der Waals surface area contributed by atoms with E-state index < -0.39 is 0 Å². The van der Waals surface area contributed by atoms with Crippen molar-refractivity contribution in [2.24, 2.45) is 5.92 Å². The van der Waals surface area contributed by atoms with Crippen LogP contribution in [0.2, 0.25) is 0 Å². The first kappa shape index (κ1) is 16.1. The Morgan fingerprint density at radius 2 is 1.96 bits per heavy atom. The number of hydrogen-bond acceptors (Lipinski definition) is 4. The molecule has 0 aromatic heterocycles. The Balaban J connectivity index is 1.61. The maximum Gasteiger partial charge on any atom is 0.409 e. The Kier molecular flexibility index (Phi) is 5.06. The fourth-order valence-corrected chi connectivity index (χ4v) is 3.38. The molecule has 126 valence electrons. The van der Waals surface area contributed by atoms with Crippen molar-refractivity contribution in [3.8, 4) is 5.75 Å². The first-order valence-electron chi connectivity index (χ1n) is 8.44. The number of amides is 1. The number of carbonyl (C=O) groups is 1. The lowest BCUT2D eigenvalue weighted by molar-refractivity contribution is 0.108. The summed E-state index contributed by atoms with van der Waals surface area (Å²) in [6, 6.07) is 9.21. The molecule has 1 aliphatic heterocycles. The highest BCUT2D eigenvalue weighted by molar-refractivity contribution is 5.67. The zero-order valence-corrected chi connectivity index (χ0v) is 14.0. The molecule has 23 heavy (non-hydrogen) atoms. The summed E-state index contributed by atoms with van der Waals surface area (Å²) in [6.45, 7) is 1.53. The third-order valence-electron chi connectivity index (χ3n) is 4.89. The Hall–Kier alpha value is -1.75. The van der Waals surface area contributed by atoms with Crippen LogP contribution >= 0.6 is 0 Å². The molecule has 1 aromatic rings. The zero-order valence-electron chi connectivity index (χ0n) is 14.0. The van der Waals surface area contributed by atoms with Crippen LogP contribution in [0.5, 0.6) is 5.75 Å². The summed E-state index contributed by atoms with van der Waals surface area (Å²) in [5, 5.41) is 3.83. The molecule has 1 amide bonds. The van der Waals surface area contributed by atoms with E-state index in [-0.39, 0.29) is 6.09 Å². The number of carbonyl (C=O) groups excluding carboxylic acids is 1. The summed E-state index contributed by atoms with van der Waals surface area (Å²) in [5.41, 5.74) is 1.31. The number of nitrogens with one attached hydrogen (secondary N) is 1. The van der Waals surface area contributed by atoms with Crippen LogP contribution in [0.4, 0.5) is 4.79 Å². The van der Waals surface area contributed by atoms with Gasteiger partial charge in [-0.25, -0.2) is 4.79 Å². The van der Waals surface area contributed by atoms with Crippen molar-refractivity contribution >= 4 is 6.09 Å². The second-order valence-corrected chi connectivity index (χ2v) is 6.49. The minimum Gasteiger partial charge on any atom is -0.497 e. The summed E-state index contributed by atoms with van der Waals surface area (Å²) < 4.78 is 10.2. The lowest BCUT2D eigenvalue weighted by Gasteiger charge is -2.34. The van der Waals surface area contributed by atoms with Crippen molar-refractivity contribution in [3.63, 3.8) is 0 Å². The minimum absolute atomic E-state index is 0.213. The number of benzene rings is 1. The zero-order chi connectivity index (χ0) is 16.2. The Morgan fingerprint density at radius 3 is 2.57 bits per heavy atom. The first-order chi connectivity index (χ1) is 11.2. The molecule has 0 spiro atoms. The van der Waals surface area contributed by atoms with Gasteiger partial charge in [0.2, 0.25) is 0 Å². The second-order valence-electron chi connectivity index (χ2n) is 6.49. The van der Waals surface area contributed by atoms with Gasteiger partial charge in [0.1, 0.15) is 5.75 Å². The van der Waals surface area contributed by atoms with Crippen LogP contribution in [0, 0.1) is 5.92 Å². The monoisotopic (exact) mass is 318 g/mol. The molecule has 1 unspecified atom stereocenters. The van der Waals surface area contributed by atoms with E-state index in [1.165, 1.54) is 25.5 Å². The standard InChI is InChI=1S/C18H26N2O3/c1-22-16-5-3-4-14(12-16)17(13-6-7-13)19-15-8-10-20(11-9-15)18(21)23-2/h3-5,12-13,15,17,19H,6-11H2,1-2H3. The van der Waals surface area contributed by atoms with Gasteiger partial charge < -0.3 is 19.7 Å². The molecular formula is C18H26N2O3. The predicted octanol–water partition coefficient (Wildman–Crippen LogP) is 2.97. The van der Waals surface area contributed by atoms with Crippen LogP contribution in [-0.2, 0) is 4.74 Å². The maximum atomic E-state index is 11.6. The smallest absolute Gasteiger partial charge is 0.409 e. The molecule has 3 rings (SSSR count). The van der Waals surface area contributed by atoms with Crippen molar-refractivity contribution in [1.82, 2.24) is 10.2 Å². The lowest BCUT2D eigenvalue weighted by Crippen LogP contribution is -2.46. The number of ether oxygens (including phenoxy) is 2. The number of piperidine rings is 1. The molecule has 2 aliphatic rings. The largest absolute Gasteiger partial charge is 0.497 e. The molecule has 1 saturated heterocycles. The molecule has 1 saturated carbocycles. The van der Waals surface area contributed by atoms with Gasteiger partial charge in [-0.05, 0) is 49.3 Å². The van der Waals surface area contributed by atoms with Crippen molar-refractivity contribution < 1.29 is 14.3 Å². The molecule has 0 radical (unpaired) electrons. The van der Waals surface area contributed by atoms with E-state index >= 15 is 0 Å². The van der Waals surface area contributed by atoms with Gasteiger partial charge in [0.25, 0.3) is 0 Å². The first-order valence-corrected chi connectivity index (χ1v) is 8.44. The summed E-state index contributed by atoms with van der Waals surface area (Å²) in [5.74, 6) is 1.64. The van der Waals surface area contributed by atoms with Crippen molar-refractivity contribution in [2.45, 2.75) is 37.8 Å². The highest BCUT2D eigenvalue weighted by atomic mass is 16.5. The summed E-state index contributed by atoms with van der Waals surface area (Å²) in [7, 11) is 3.15. The number of rotatable bonds is 5. The van der Waals surface area contributed by atoms with Crippen LogP contribution in [0.15, 0.2) is 24.3 Å². The van der Waals surface area contributed by atoms with Crippen molar-refractivity contribution in [1.29, 1.82) is 0 Å². The van der Waals surface area contributed by atoms with Gasteiger partial charge in [0.05, 0.1) is 14.2 Å². The molecular weight excluding hydrogens is 292 g/mol. The van der Waals surface area contributed by atoms with E-state index in [9.17, 15) is 4.79 Å². The molecule has 5 heteroatoms. The molecule has 5 nitrogen and oxygen atoms in total. The summed E-state index contributed by atoms with van der Waals surface area (Å²) in [4.78, 5) is 13.4. The van der Waals surface area contributed by atoms with E-state index in [1.54, 1.807) is 12.0 Å². The minimum atomic E-state index is -0.213. The summed E-state index contributed by atoms with van der Waals surface area (Å²) >= 11 is 0. The van der Waals surface area contributed by atoms with Gasteiger partial charge in [0.15, 0.2) is 0 Å². The number of nitrogens with zero attached hydrogens (tertiary/aromatic N) is 1. The van der Waals surface area contributed by atoms with E-state index in [2.05, 4.69) is 23.5 Å². The molecule has 2 fully saturated rings. The Bertz CT molecular complexity index is 537. The third kappa shape index (κ3) is 3.96. The molecule has 1 aliphatic carbocycles. The van der Waals surface area contributed by atoms with Gasteiger partial charge in [-0.3, -0.25) is 0 Å². The van der Waals surface area contributed by atoms with Crippen LogP contribution in [0.25, 0.3) is 0 Å². The number of likely N-dealkylation sites (tertiary alicyclic amines) is 1. The quantitative estimate of drug-likeness (QED) is 0.907. The average Bonchev–Trinajstić information content (AvgIpc) is 3.44. The molecule has 1 aromatic carbocycles. The second kappa shape index (κ2) is 7.21. The Labute approximate surface area is 137 Å². The van der Waals surface area contributed by atoms with Gasteiger partial charge >= 0.3 is 6.09 Å². The highest BCUT2D eigenvalue weighted by Gasteiger charge is 2.34. The van der Waals surface area contributed by atoms with Crippen LogP contribution in [0.1, 0.15) is 37.3 Å². The normalized spacial score (nSPS) is 20.2. The maximum absolute atomic E-state index is 11.6. The Morgan fingerprint density at radius 1 is 1.22 bits per heavy atom. The number of methoxy groups -OCH3 is 2. The van der Waals surface area contributed by atoms with E-state index in [1.807, 2.05) is 6.07 Å². The van der Waals surface area contributed by atoms with Crippen LogP contribution in [0.3, 0.4) is 0 Å². The molecule has 0 bridgehead atoms. The molecule has 1 N–H and O–H groups in total. The molecule has 1 atom stereocenters. The molecule has 1 heterocycles. The van der Waals surface area contributed by atoms with Crippen LogP contribution in [-0.4, -0.2) is 44.3 Å². The summed E-state index contributed by atoms with van der Waals surface area (Å²) in [6.07, 6.45) is 4.31. The van der Waals surface area contributed by atoms with E-state index in [0.29, 0.717) is 12.1 Å². The van der Waals surface area contributed by atoms with Gasteiger partial charge in [-0.15, -0.1) is 0 Å². The third-order valence-corrected chi connectivity index (χ3v) is 4.89. The highest BCUT2D eigenvalue weighted by Crippen LogP contribution is 2.42. The van der Waals surface area contributed by atoms with Crippen LogP contribution < -0.4 is 10.1 Å². The SMILES string of the molecule is COC(=O)N1CCC(NC(c2cccc(OC)c2)C2CC2)CC1. The topological polar surface area (TPSA) is 50.8 Å².